The lowest BCUT2D eigenvalue weighted by molar-refractivity contribution is 0.320. The second-order valence-electron chi connectivity index (χ2n) is 4.71. The quantitative estimate of drug-likeness (QED) is 0.915. The topological polar surface area (TPSA) is 60.2 Å². The summed E-state index contributed by atoms with van der Waals surface area (Å²) in [7, 11) is 1.65. The molecular weight excluding hydrogens is 242 g/mol. The molecule has 5 heteroatoms. The Morgan fingerprint density at radius 2 is 1.95 bits per heavy atom. The molecule has 0 radical (unpaired) electrons. The van der Waals surface area contributed by atoms with Gasteiger partial charge >= 0.3 is 0 Å². The van der Waals surface area contributed by atoms with Crippen molar-refractivity contribution in [3.05, 3.63) is 30.2 Å². The Labute approximate surface area is 112 Å². The molecule has 0 aliphatic carbocycles. The Bertz CT molecular complexity index is 530. The van der Waals surface area contributed by atoms with Crippen LogP contribution in [0.15, 0.2) is 28.8 Å². The maximum atomic E-state index is 5.39. The van der Waals surface area contributed by atoms with Crippen molar-refractivity contribution in [2.45, 2.75) is 18.8 Å². The first kappa shape index (κ1) is 12.2. The van der Waals surface area contributed by atoms with Crippen LogP contribution in [0.25, 0.3) is 11.4 Å². The molecule has 0 amide bonds. The third-order valence-corrected chi connectivity index (χ3v) is 3.48. The lowest BCUT2D eigenvalue weighted by atomic mass is 9.98. The van der Waals surface area contributed by atoms with Crippen LogP contribution in [0.5, 0.6) is 5.75 Å². The first-order valence-electron chi connectivity index (χ1n) is 6.55. The first-order chi connectivity index (χ1) is 9.36. The van der Waals surface area contributed by atoms with E-state index in [1.165, 1.54) is 0 Å². The number of nitrogens with one attached hydrogen (secondary N) is 1. The Balaban J connectivity index is 1.79. The van der Waals surface area contributed by atoms with Crippen molar-refractivity contribution in [3.63, 3.8) is 0 Å². The van der Waals surface area contributed by atoms with Gasteiger partial charge in [0.1, 0.15) is 5.75 Å². The van der Waals surface area contributed by atoms with Gasteiger partial charge in [-0.3, -0.25) is 0 Å². The van der Waals surface area contributed by atoms with Gasteiger partial charge in [-0.05, 0) is 50.2 Å². The largest absolute Gasteiger partial charge is 0.497 e. The summed E-state index contributed by atoms with van der Waals surface area (Å²) in [5.74, 6) is 2.62. The molecule has 0 atom stereocenters. The van der Waals surface area contributed by atoms with Crippen molar-refractivity contribution >= 4 is 0 Å². The van der Waals surface area contributed by atoms with E-state index in [2.05, 4.69) is 15.5 Å². The van der Waals surface area contributed by atoms with Gasteiger partial charge in [0, 0.05) is 11.5 Å². The molecule has 0 spiro atoms. The SMILES string of the molecule is COc1ccc(-c2noc(C3CCNCC3)n2)cc1. The van der Waals surface area contributed by atoms with Gasteiger partial charge in [-0.2, -0.15) is 4.98 Å². The maximum Gasteiger partial charge on any atom is 0.230 e. The number of rotatable bonds is 3. The summed E-state index contributed by atoms with van der Waals surface area (Å²) in [6.07, 6.45) is 2.12. The molecule has 1 fully saturated rings. The fourth-order valence-corrected chi connectivity index (χ4v) is 2.33. The minimum absolute atomic E-state index is 0.390. The molecule has 1 aromatic carbocycles. The zero-order valence-corrected chi connectivity index (χ0v) is 10.9. The smallest absolute Gasteiger partial charge is 0.230 e. The monoisotopic (exact) mass is 259 g/mol. The van der Waals surface area contributed by atoms with E-state index in [0.29, 0.717) is 11.7 Å². The number of hydrogen-bond acceptors (Lipinski definition) is 5. The molecule has 1 aliphatic heterocycles. The minimum atomic E-state index is 0.390. The molecule has 5 nitrogen and oxygen atoms in total. The summed E-state index contributed by atoms with van der Waals surface area (Å²) in [4.78, 5) is 4.51. The Morgan fingerprint density at radius 1 is 1.21 bits per heavy atom. The van der Waals surface area contributed by atoms with Crippen LogP contribution in [-0.4, -0.2) is 30.3 Å². The van der Waals surface area contributed by atoms with Gasteiger partial charge in [0.2, 0.25) is 11.7 Å². The average molecular weight is 259 g/mol. The Kier molecular flexibility index (Phi) is 3.46. The van der Waals surface area contributed by atoms with Crippen molar-refractivity contribution in [1.29, 1.82) is 0 Å². The highest BCUT2D eigenvalue weighted by Crippen LogP contribution is 2.26. The molecule has 1 aromatic heterocycles. The fourth-order valence-electron chi connectivity index (χ4n) is 2.33. The highest BCUT2D eigenvalue weighted by molar-refractivity contribution is 5.55. The van der Waals surface area contributed by atoms with E-state index in [-0.39, 0.29) is 0 Å². The third kappa shape index (κ3) is 2.61. The Hall–Kier alpha value is -1.88. The molecule has 2 heterocycles. The number of benzene rings is 1. The predicted molar refractivity (Wildman–Crippen MR) is 71.1 cm³/mol. The standard InChI is InChI=1S/C14H17N3O2/c1-18-12-4-2-10(3-5-12)13-16-14(19-17-13)11-6-8-15-9-7-11/h2-5,11,15H,6-9H2,1H3. The van der Waals surface area contributed by atoms with Crippen LogP contribution in [0.2, 0.25) is 0 Å². The molecule has 1 N–H and O–H groups in total. The van der Waals surface area contributed by atoms with Gasteiger partial charge in [0.05, 0.1) is 7.11 Å². The van der Waals surface area contributed by atoms with E-state index in [0.717, 1.165) is 43.1 Å². The summed E-state index contributed by atoms with van der Waals surface area (Å²) in [5, 5.41) is 7.40. The molecule has 1 aliphatic rings. The second-order valence-corrected chi connectivity index (χ2v) is 4.71. The number of ether oxygens (including phenoxy) is 1. The van der Waals surface area contributed by atoms with Gasteiger partial charge in [0.25, 0.3) is 0 Å². The first-order valence-corrected chi connectivity index (χ1v) is 6.55. The van der Waals surface area contributed by atoms with E-state index >= 15 is 0 Å². The molecule has 0 saturated carbocycles. The highest BCUT2D eigenvalue weighted by atomic mass is 16.5. The van der Waals surface area contributed by atoms with Crippen LogP contribution in [0.3, 0.4) is 0 Å². The molecule has 2 aromatic rings. The van der Waals surface area contributed by atoms with Crippen molar-refractivity contribution in [3.8, 4) is 17.1 Å². The molecular formula is C14H17N3O2. The summed E-state index contributed by atoms with van der Waals surface area (Å²) in [6.45, 7) is 2.04. The van der Waals surface area contributed by atoms with Crippen molar-refractivity contribution in [2.75, 3.05) is 20.2 Å². The van der Waals surface area contributed by atoms with Crippen molar-refractivity contribution < 1.29 is 9.26 Å². The normalized spacial score (nSPS) is 16.5. The van der Waals surface area contributed by atoms with E-state index in [1.807, 2.05) is 24.3 Å². The molecule has 3 rings (SSSR count). The van der Waals surface area contributed by atoms with Crippen LogP contribution in [0.1, 0.15) is 24.7 Å². The zero-order valence-electron chi connectivity index (χ0n) is 10.9. The Morgan fingerprint density at radius 3 is 2.63 bits per heavy atom. The highest BCUT2D eigenvalue weighted by Gasteiger charge is 2.21. The van der Waals surface area contributed by atoms with E-state index < -0.39 is 0 Å². The van der Waals surface area contributed by atoms with Gasteiger partial charge in [-0.25, -0.2) is 0 Å². The lowest BCUT2D eigenvalue weighted by Crippen LogP contribution is -2.26. The van der Waals surface area contributed by atoms with Gasteiger partial charge in [-0.1, -0.05) is 5.16 Å². The fraction of sp³-hybridized carbons (Fsp3) is 0.429. The van der Waals surface area contributed by atoms with Crippen LogP contribution >= 0.6 is 0 Å². The second kappa shape index (κ2) is 5.40. The zero-order chi connectivity index (χ0) is 13.1. The summed E-state index contributed by atoms with van der Waals surface area (Å²) >= 11 is 0. The van der Waals surface area contributed by atoms with E-state index in [1.54, 1.807) is 7.11 Å². The van der Waals surface area contributed by atoms with Gasteiger partial charge < -0.3 is 14.6 Å². The predicted octanol–water partition coefficient (Wildman–Crippen LogP) is 2.21. The van der Waals surface area contributed by atoms with Crippen molar-refractivity contribution in [1.82, 2.24) is 15.5 Å². The number of methoxy groups -OCH3 is 1. The van der Waals surface area contributed by atoms with E-state index in [4.69, 9.17) is 9.26 Å². The summed E-state index contributed by atoms with van der Waals surface area (Å²) in [5.41, 5.74) is 0.949. The number of nitrogens with zero attached hydrogens (tertiary/aromatic N) is 2. The summed E-state index contributed by atoms with van der Waals surface area (Å²) in [6, 6.07) is 7.68. The van der Waals surface area contributed by atoms with Gasteiger partial charge in [0.15, 0.2) is 0 Å². The minimum Gasteiger partial charge on any atom is -0.497 e. The molecule has 100 valence electrons. The molecule has 1 saturated heterocycles. The number of hydrogen-bond donors (Lipinski definition) is 1. The van der Waals surface area contributed by atoms with Crippen LogP contribution < -0.4 is 10.1 Å². The van der Waals surface area contributed by atoms with Crippen LogP contribution in [0, 0.1) is 0 Å². The van der Waals surface area contributed by atoms with E-state index in [9.17, 15) is 0 Å². The van der Waals surface area contributed by atoms with Crippen molar-refractivity contribution in [2.24, 2.45) is 0 Å². The maximum absolute atomic E-state index is 5.39. The molecule has 0 unspecified atom stereocenters. The number of aromatic nitrogens is 2. The van der Waals surface area contributed by atoms with Crippen LogP contribution in [-0.2, 0) is 0 Å². The molecule has 0 bridgehead atoms. The van der Waals surface area contributed by atoms with Gasteiger partial charge in [-0.15, -0.1) is 0 Å². The summed E-state index contributed by atoms with van der Waals surface area (Å²) < 4.78 is 10.5. The lowest BCUT2D eigenvalue weighted by Gasteiger charge is -2.18. The average Bonchev–Trinajstić information content (AvgIpc) is 2.98. The number of piperidine rings is 1. The third-order valence-electron chi connectivity index (χ3n) is 3.48. The molecule has 19 heavy (non-hydrogen) atoms. The van der Waals surface area contributed by atoms with Crippen LogP contribution in [0.4, 0.5) is 0 Å².